The Labute approximate surface area is 164 Å². The lowest BCUT2D eigenvalue weighted by Gasteiger charge is -2.37. The summed E-state index contributed by atoms with van der Waals surface area (Å²) in [5, 5.41) is 3.53. The van der Waals surface area contributed by atoms with Crippen molar-refractivity contribution in [1.82, 2.24) is 24.9 Å². The lowest BCUT2D eigenvalue weighted by Crippen LogP contribution is -2.54. The highest BCUT2D eigenvalue weighted by Gasteiger charge is 2.25. The van der Waals surface area contributed by atoms with Gasteiger partial charge in [-0.15, -0.1) is 0 Å². The summed E-state index contributed by atoms with van der Waals surface area (Å²) in [5.41, 5.74) is 0. The van der Waals surface area contributed by atoms with Gasteiger partial charge in [0.15, 0.2) is 5.96 Å². The number of rotatable bonds is 6. The van der Waals surface area contributed by atoms with Gasteiger partial charge in [-0.1, -0.05) is 12.8 Å². The highest BCUT2D eigenvalue weighted by atomic mass is 16.2. The summed E-state index contributed by atoms with van der Waals surface area (Å²) in [7, 11) is 4.11. The number of piperazine rings is 1. The molecule has 1 saturated carbocycles. The zero-order valence-corrected chi connectivity index (χ0v) is 17.3. The number of nitrogens with one attached hydrogen (secondary N) is 1. The second-order valence-electron chi connectivity index (χ2n) is 8.24. The van der Waals surface area contributed by atoms with E-state index in [-0.39, 0.29) is 0 Å². The van der Waals surface area contributed by atoms with Gasteiger partial charge >= 0.3 is 0 Å². The number of hydrogen-bond donors (Lipinski definition) is 1. The van der Waals surface area contributed by atoms with E-state index >= 15 is 0 Å². The molecule has 0 bridgehead atoms. The first-order valence-electron chi connectivity index (χ1n) is 10.8. The van der Waals surface area contributed by atoms with Crippen LogP contribution in [0.4, 0.5) is 0 Å². The van der Waals surface area contributed by atoms with Crippen LogP contribution in [-0.2, 0) is 4.79 Å². The third-order valence-electron chi connectivity index (χ3n) is 6.40. The van der Waals surface area contributed by atoms with Crippen molar-refractivity contribution in [3.05, 3.63) is 0 Å². The van der Waals surface area contributed by atoms with Gasteiger partial charge in [0.1, 0.15) is 0 Å². The second-order valence-corrected chi connectivity index (χ2v) is 8.24. The summed E-state index contributed by atoms with van der Waals surface area (Å²) in [6, 6.07) is 0.769. The molecule has 1 N–H and O–H groups in total. The largest absolute Gasteiger partial charge is 0.355 e. The van der Waals surface area contributed by atoms with Crippen LogP contribution in [0.5, 0.6) is 0 Å². The minimum atomic E-state index is 0.304. The fraction of sp³-hybridized carbons (Fsp3) is 0.900. The SMILES string of the molecule is CN=C(NCCN(C)C1CCCC1)N1CCN(CC(=O)N2CCCC2)CC1. The molecule has 3 fully saturated rings. The minimum Gasteiger partial charge on any atom is -0.355 e. The van der Waals surface area contributed by atoms with E-state index in [4.69, 9.17) is 0 Å². The second kappa shape index (κ2) is 10.3. The number of hydrogen-bond acceptors (Lipinski definition) is 4. The van der Waals surface area contributed by atoms with E-state index in [0.29, 0.717) is 12.5 Å². The molecule has 3 rings (SSSR count). The lowest BCUT2D eigenvalue weighted by atomic mass is 10.2. The molecule has 0 radical (unpaired) electrons. The molecule has 2 saturated heterocycles. The van der Waals surface area contributed by atoms with Crippen LogP contribution in [-0.4, -0.2) is 111 Å². The maximum atomic E-state index is 12.3. The van der Waals surface area contributed by atoms with Crippen molar-refractivity contribution in [1.29, 1.82) is 0 Å². The molecule has 27 heavy (non-hydrogen) atoms. The molecule has 0 atom stereocenters. The van der Waals surface area contributed by atoms with Gasteiger partial charge in [-0.2, -0.15) is 0 Å². The molecule has 7 heteroatoms. The summed E-state index contributed by atoms with van der Waals surface area (Å²) >= 11 is 0. The number of carbonyl (C=O) groups is 1. The molecule has 2 heterocycles. The predicted molar refractivity (Wildman–Crippen MR) is 110 cm³/mol. The van der Waals surface area contributed by atoms with E-state index in [2.05, 4.69) is 32.1 Å². The van der Waals surface area contributed by atoms with Crippen LogP contribution in [0.3, 0.4) is 0 Å². The van der Waals surface area contributed by atoms with Crippen molar-refractivity contribution in [2.75, 3.05) is 73.0 Å². The Balaban J connectivity index is 1.35. The van der Waals surface area contributed by atoms with Gasteiger partial charge < -0.3 is 20.0 Å². The van der Waals surface area contributed by atoms with Crippen molar-refractivity contribution < 1.29 is 4.79 Å². The van der Waals surface area contributed by atoms with Crippen LogP contribution in [0.2, 0.25) is 0 Å². The number of nitrogens with zero attached hydrogens (tertiary/aromatic N) is 5. The first-order chi connectivity index (χ1) is 13.2. The molecule has 0 unspecified atom stereocenters. The Kier molecular flexibility index (Phi) is 7.76. The minimum absolute atomic E-state index is 0.304. The smallest absolute Gasteiger partial charge is 0.236 e. The molecule has 3 aliphatic rings. The van der Waals surface area contributed by atoms with E-state index in [1.807, 2.05) is 11.9 Å². The molecular weight excluding hydrogens is 340 g/mol. The molecule has 2 aliphatic heterocycles. The molecule has 154 valence electrons. The summed E-state index contributed by atoms with van der Waals surface area (Å²) in [4.78, 5) is 25.9. The van der Waals surface area contributed by atoms with Crippen LogP contribution in [0, 0.1) is 0 Å². The first kappa shape index (κ1) is 20.4. The number of guanidine groups is 1. The molecule has 0 aromatic carbocycles. The topological polar surface area (TPSA) is 54.4 Å². The summed E-state index contributed by atoms with van der Waals surface area (Å²) in [5.74, 6) is 1.30. The number of likely N-dealkylation sites (N-methyl/N-ethyl adjacent to an activating group) is 1. The van der Waals surface area contributed by atoms with Crippen molar-refractivity contribution >= 4 is 11.9 Å². The molecule has 1 aliphatic carbocycles. The number of carbonyl (C=O) groups excluding carboxylic acids is 1. The third-order valence-corrected chi connectivity index (χ3v) is 6.40. The van der Waals surface area contributed by atoms with Gasteiger partial charge in [-0.3, -0.25) is 14.7 Å². The predicted octanol–water partition coefficient (Wildman–Crippen LogP) is 0.676. The fourth-order valence-electron chi connectivity index (χ4n) is 4.58. The molecule has 1 amide bonds. The first-order valence-corrected chi connectivity index (χ1v) is 10.8. The summed E-state index contributed by atoms with van der Waals surface area (Å²) in [6.45, 7) is 8.21. The van der Waals surface area contributed by atoms with Gasteiger partial charge in [0.05, 0.1) is 6.54 Å². The van der Waals surface area contributed by atoms with Crippen molar-refractivity contribution in [3.8, 4) is 0 Å². The van der Waals surface area contributed by atoms with Crippen LogP contribution in [0.25, 0.3) is 0 Å². The van der Waals surface area contributed by atoms with Crippen LogP contribution in [0.15, 0.2) is 4.99 Å². The zero-order valence-electron chi connectivity index (χ0n) is 17.3. The van der Waals surface area contributed by atoms with E-state index < -0.39 is 0 Å². The molecule has 0 spiro atoms. The highest BCUT2D eigenvalue weighted by molar-refractivity contribution is 5.80. The monoisotopic (exact) mass is 378 g/mol. The van der Waals surface area contributed by atoms with Gasteiger partial charge in [0, 0.05) is 65.4 Å². The number of amides is 1. The number of aliphatic imine (C=N–C) groups is 1. The average Bonchev–Trinajstić information content (AvgIpc) is 3.40. The van der Waals surface area contributed by atoms with Crippen molar-refractivity contribution in [3.63, 3.8) is 0 Å². The van der Waals surface area contributed by atoms with Crippen molar-refractivity contribution in [2.24, 2.45) is 4.99 Å². The quantitative estimate of drug-likeness (QED) is 0.544. The molecule has 0 aromatic heterocycles. The average molecular weight is 379 g/mol. The van der Waals surface area contributed by atoms with E-state index in [0.717, 1.165) is 77.2 Å². The Morgan fingerprint density at radius 2 is 1.67 bits per heavy atom. The highest BCUT2D eigenvalue weighted by Crippen LogP contribution is 2.21. The Bertz CT molecular complexity index is 491. The maximum absolute atomic E-state index is 12.3. The van der Waals surface area contributed by atoms with Crippen LogP contribution in [0.1, 0.15) is 38.5 Å². The van der Waals surface area contributed by atoms with E-state index in [1.54, 1.807) is 0 Å². The van der Waals surface area contributed by atoms with Crippen LogP contribution >= 0.6 is 0 Å². The Morgan fingerprint density at radius 1 is 1.00 bits per heavy atom. The maximum Gasteiger partial charge on any atom is 0.236 e. The van der Waals surface area contributed by atoms with Gasteiger partial charge in [-0.25, -0.2) is 0 Å². The third kappa shape index (κ3) is 5.82. The van der Waals surface area contributed by atoms with Gasteiger partial charge in [-0.05, 0) is 32.7 Å². The number of likely N-dealkylation sites (tertiary alicyclic amines) is 1. The summed E-state index contributed by atoms with van der Waals surface area (Å²) < 4.78 is 0. The Morgan fingerprint density at radius 3 is 2.30 bits per heavy atom. The molecular formula is C20H38N6O. The lowest BCUT2D eigenvalue weighted by molar-refractivity contribution is -0.131. The fourth-order valence-corrected chi connectivity index (χ4v) is 4.58. The van der Waals surface area contributed by atoms with Gasteiger partial charge in [0.2, 0.25) is 5.91 Å². The normalized spacial score (nSPS) is 22.9. The van der Waals surface area contributed by atoms with Gasteiger partial charge in [0.25, 0.3) is 0 Å². The van der Waals surface area contributed by atoms with Crippen LogP contribution < -0.4 is 5.32 Å². The standard InChI is InChI=1S/C20H38N6O/c1-21-20(22-9-12-23(2)18-7-3-4-8-18)26-15-13-24(14-16-26)17-19(27)25-10-5-6-11-25/h18H,3-17H2,1-2H3,(H,21,22). The van der Waals surface area contributed by atoms with E-state index in [1.165, 1.54) is 25.7 Å². The summed E-state index contributed by atoms with van der Waals surface area (Å²) in [6.07, 6.45) is 7.80. The Hall–Kier alpha value is -1.34. The van der Waals surface area contributed by atoms with E-state index in [9.17, 15) is 4.79 Å². The molecule has 0 aromatic rings. The van der Waals surface area contributed by atoms with Crippen molar-refractivity contribution in [2.45, 2.75) is 44.6 Å². The molecule has 7 nitrogen and oxygen atoms in total. The zero-order chi connectivity index (χ0) is 19.1.